The molecule has 0 aromatic heterocycles. The normalized spacial score (nSPS) is 8.33. The molecule has 1 N–H and O–H groups in total. The van der Waals surface area contributed by atoms with Gasteiger partial charge in [0, 0.05) is 6.92 Å². The molecule has 0 atom stereocenters. The van der Waals surface area contributed by atoms with Crippen LogP contribution in [0.2, 0.25) is 0 Å². The van der Waals surface area contributed by atoms with Crippen molar-refractivity contribution in [2.45, 2.75) is 6.92 Å². The zero-order valence-electron chi connectivity index (χ0n) is 6.81. The third kappa shape index (κ3) is 5.00. The highest BCUT2D eigenvalue weighted by atomic mass is 16.4. The second-order valence-corrected chi connectivity index (χ2v) is 1.88. The molecule has 0 bridgehead atoms. The highest BCUT2D eigenvalue weighted by Gasteiger charge is 1.79. The first kappa shape index (κ1) is 10.2. The summed E-state index contributed by atoms with van der Waals surface area (Å²) >= 11 is 0. The zero-order chi connectivity index (χ0) is 9.23. The van der Waals surface area contributed by atoms with Gasteiger partial charge in [-0.1, -0.05) is 35.5 Å². The smallest absolute Gasteiger partial charge is 0.0733 e. The highest BCUT2D eigenvalue weighted by molar-refractivity contribution is 5.78. The molecule has 62 valence electrons. The van der Waals surface area contributed by atoms with Crippen molar-refractivity contribution in [3.05, 3.63) is 35.9 Å². The zero-order valence-corrected chi connectivity index (χ0v) is 6.81. The van der Waals surface area contributed by atoms with Crippen molar-refractivity contribution in [3.8, 4) is 6.07 Å². The Morgan fingerprint density at radius 2 is 1.92 bits per heavy atom. The van der Waals surface area contributed by atoms with E-state index >= 15 is 0 Å². The van der Waals surface area contributed by atoms with Gasteiger partial charge in [-0.25, -0.2) is 0 Å². The molecule has 0 amide bonds. The van der Waals surface area contributed by atoms with Crippen molar-refractivity contribution in [1.82, 2.24) is 0 Å². The Morgan fingerprint density at radius 1 is 1.42 bits per heavy atom. The second kappa shape index (κ2) is 7.29. The summed E-state index contributed by atoms with van der Waals surface area (Å²) in [6, 6.07) is 11.2. The van der Waals surface area contributed by atoms with Crippen LogP contribution in [0.4, 0.5) is 0 Å². The summed E-state index contributed by atoms with van der Waals surface area (Å²) in [7, 11) is 0. The van der Waals surface area contributed by atoms with Crippen LogP contribution in [0.3, 0.4) is 0 Å². The highest BCUT2D eigenvalue weighted by Crippen LogP contribution is 1.92. The summed E-state index contributed by atoms with van der Waals surface area (Å²) in [6.07, 6.45) is 1.39. The van der Waals surface area contributed by atoms with Gasteiger partial charge in [0.25, 0.3) is 0 Å². The standard InChI is InChI=1S/C7H7NO.C2H3N/c9-8-6-7-4-2-1-3-5-7;1-2-3/h1-6,9H;1H3. The molecule has 3 heteroatoms. The monoisotopic (exact) mass is 162 g/mol. The summed E-state index contributed by atoms with van der Waals surface area (Å²) in [5.41, 5.74) is 0.903. The fraction of sp³-hybridized carbons (Fsp3) is 0.111. The molecule has 0 radical (unpaired) electrons. The van der Waals surface area contributed by atoms with E-state index in [9.17, 15) is 0 Å². The third-order valence-electron chi connectivity index (χ3n) is 1.01. The first-order valence-corrected chi connectivity index (χ1v) is 3.38. The Labute approximate surface area is 71.6 Å². The average Bonchev–Trinajstić information content (AvgIpc) is 2.08. The minimum Gasteiger partial charge on any atom is -0.411 e. The third-order valence-corrected chi connectivity index (χ3v) is 1.01. The predicted molar refractivity (Wildman–Crippen MR) is 47.1 cm³/mol. The van der Waals surface area contributed by atoms with Gasteiger partial charge in [0.05, 0.1) is 12.3 Å². The second-order valence-electron chi connectivity index (χ2n) is 1.88. The molecule has 0 aliphatic carbocycles. The van der Waals surface area contributed by atoms with Crippen molar-refractivity contribution >= 4 is 6.21 Å². The SMILES string of the molecule is CC#N.ON=Cc1ccccc1. The molecule has 0 saturated heterocycles. The maximum atomic E-state index is 8.09. The lowest BCUT2D eigenvalue weighted by atomic mass is 10.2. The van der Waals surface area contributed by atoms with Crippen LogP contribution >= 0.6 is 0 Å². The van der Waals surface area contributed by atoms with Crippen LogP contribution in [-0.4, -0.2) is 11.4 Å². The van der Waals surface area contributed by atoms with E-state index in [-0.39, 0.29) is 0 Å². The van der Waals surface area contributed by atoms with Gasteiger partial charge < -0.3 is 5.21 Å². The van der Waals surface area contributed by atoms with E-state index in [4.69, 9.17) is 10.5 Å². The van der Waals surface area contributed by atoms with E-state index in [1.54, 1.807) is 6.07 Å². The summed E-state index contributed by atoms with van der Waals surface area (Å²) in [4.78, 5) is 0. The van der Waals surface area contributed by atoms with E-state index in [1.807, 2.05) is 30.3 Å². The van der Waals surface area contributed by atoms with Gasteiger partial charge in [-0.2, -0.15) is 5.26 Å². The van der Waals surface area contributed by atoms with Crippen LogP contribution in [0.15, 0.2) is 35.5 Å². The van der Waals surface area contributed by atoms with Crippen molar-refractivity contribution in [1.29, 1.82) is 5.26 Å². The lowest BCUT2D eigenvalue weighted by Crippen LogP contribution is -1.76. The largest absolute Gasteiger partial charge is 0.411 e. The summed E-state index contributed by atoms with van der Waals surface area (Å²) in [5, 5.41) is 18.3. The molecule has 0 aliphatic rings. The van der Waals surface area contributed by atoms with Gasteiger partial charge in [-0.05, 0) is 5.56 Å². The maximum Gasteiger partial charge on any atom is 0.0733 e. The van der Waals surface area contributed by atoms with Crippen LogP contribution in [-0.2, 0) is 0 Å². The molecule has 1 aromatic carbocycles. The van der Waals surface area contributed by atoms with Crippen molar-refractivity contribution < 1.29 is 5.21 Å². The van der Waals surface area contributed by atoms with Crippen LogP contribution < -0.4 is 0 Å². The van der Waals surface area contributed by atoms with Gasteiger partial charge >= 0.3 is 0 Å². The Balaban J connectivity index is 0.000000354. The van der Waals surface area contributed by atoms with Crippen LogP contribution in [0.25, 0.3) is 0 Å². The van der Waals surface area contributed by atoms with E-state index in [0.717, 1.165) is 5.56 Å². The van der Waals surface area contributed by atoms with Gasteiger partial charge in [-0.15, -0.1) is 0 Å². The molecule has 0 heterocycles. The van der Waals surface area contributed by atoms with Gasteiger partial charge in [0.15, 0.2) is 0 Å². The Kier molecular flexibility index (Phi) is 6.18. The molecule has 0 aliphatic heterocycles. The summed E-state index contributed by atoms with van der Waals surface area (Å²) in [6.45, 7) is 1.43. The number of benzene rings is 1. The average molecular weight is 162 g/mol. The number of nitrogens with zero attached hydrogens (tertiary/aromatic N) is 2. The Hall–Kier alpha value is -1.82. The van der Waals surface area contributed by atoms with Crippen LogP contribution in [0.1, 0.15) is 12.5 Å². The minimum atomic E-state index is 0.903. The van der Waals surface area contributed by atoms with Crippen molar-refractivity contribution in [3.63, 3.8) is 0 Å². The number of rotatable bonds is 1. The van der Waals surface area contributed by atoms with Gasteiger partial charge in [0.1, 0.15) is 0 Å². The minimum absolute atomic E-state index is 0.903. The van der Waals surface area contributed by atoms with Gasteiger partial charge in [-0.3, -0.25) is 0 Å². The van der Waals surface area contributed by atoms with E-state index in [1.165, 1.54) is 13.1 Å². The Morgan fingerprint density at radius 3 is 2.33 bits per heavy atom. The van der Waals surface area contributed by atoms with E-state index in [2.05, 4.69) is 5.16 Å². The topological polar surface area (TPSA) is 56.4 Å². The fourth-order valence-electron chi connectivity index (χ4n) is 0.606. The summed E-state index contributed by atoms with van der Waals surface area (Å²) < 4.78 is 0. The molecule has 0 unspecified atom stereocenters. The molecule has 1 rings (SSSR count). The van der Waals surface area contributed by atoms with Crippen LogP contribution in [0.5, 0.6) is 0 Å². The quantitative estimate of drug-likeness (QED) is 0.390. The van der Waals surface area contributed by atoms with Crippen molar-refractivity contribution in [2.75, 3.05) is 0 Å². The van der Waals surface area contributed by atoms with Crippen LogP contribution in [0, 0.1) is 11.3 Å². The molecule has 3 nitrogen and oxygen atoms in total. The number of oxime groups is 1. The number of hydrogen-bond donors (Lipinski definition) is 1. The number of hydrogen-bond acceptors (Lipinski definition) is 3. The first-order chi connectivity index (χ1) is 5.85. The lowest BCUT2D eigenvalue weighted by molar-refractivity contribution is 0.322. The summed E-state index contributed by atoms with van der Waals surface area (Å²) in [5.74, 6) is 0. The van der Waals surface area contributed by atoms with E-state index in [0.29, 0.717) is 0 Å². The number of nitriles is 1. The Bertz CT molecular complexity index is 262. The maximum absolute atomic E-state index is 8.09. The predicted octanol–water partition coefficient (Wildman–Crippen LogP) is 2.02. The molecule has 0 spiro atoms. The fourth-order valence-corrected chi connectivity index (χ4v) is 0.606. The van der Waals surface area contributed by atoms with E-state index < -0.39 is 0 Å². The molecular formula is C9H10N2O. The van der Waals surface area contributed by atoms with Crippen molar-refractivity contribution in [2.24, 2.45) is 5.16 Å². The first-order valence-electron chi connectivity index (χ1n) is 3.38. The molecule has 12 heavy (non-hydrogen) atoms. The molecule has 0 fully saturated rings. The molecular weight excluding hydrogens is 152 g/mol. The molecule has 0 saturated carbocycles. The van der Waals surface area contributed by atoms with Gasteiger partial charge in [0.2, 0.25) is 0 Å². The molecule has 1 aromatic rings. The lowest BCUT2D eigenvalue weighted by Gasteiger charge is -1.85.